The molecule has 0 saturated carbocycles. The number of hydrogen-bond donors (Lipinski definition) is 0. The van der Waals surface area contributed by atoms with Gasteiger partial charge in [-0.25, -0.2) is 0 Å². The summed E-state index contributed by atoms with van der Waals surface area (Å²) in [7, 11) is 0. The van der Waals surface area contributed by atoms with Crippen LogP contribution >= 0.6 is 0 Å². The molecule has 0 amide bonds. The molecule has 0 bridgehead atoms. The van der Waals surface area contributed by atoms with Crippen LogP contribution in [0.5, 0.6) is 0 Å². The van der Waals surface area contributed by atoms with E-state index in [0.717, 1.165) is 22.3 Å². The highest BCUT2D eigenvalue weighted by Gasteiger charge is 2.07. The average Bonchev–Trinajstić information content (AvgIpc) is 2.92. The monoisotopic (exact) mass is 424 g/mol. The average molecular weight is 425 g/mol. The fourth-order valence-corrected chi connectivity index (χ4v) is 2.69. The number of carbonyl (C=O) groups excluding carboxylic acids is 2. The van der Waals surface area contributed by atoms with E-state index in [1.165, 1.54) is 0 Å². The van der Waals surface area contributed by atoms with Crippen molar-refractivity contribution in [3.05, 3.63) is 144 Å². The third-order valence-electron chi connectivity index (χ3n) is 4.14. The first kappa shape index (κ1) is 26.3. The van der Waals surface area contributed by atoms with Gasteiger partial charge in [0.05, 0.1) is 0 Å². The summed E-state index contributed by atoms with van der Waals surface area (Å²) in [5.41, 5.74) is 2.94. The van der Waals surface area contributed by atoms with Gasteiger partial charge in [-0.15, -0.1) is 0 Å². The lowest BCUT2D eigenvalue weighted by atomic mass is 10.0. The summed E-state index contributed by atoms with van der Waals surface area (Å²) in [4.78, 5) is 23.7. The van der Waals surface area contributed by atoms with E-state index in [1.54, 1.807) is 0 Å². The van der Waals surface area contributed by atoms with Gasteiger partial charge in [-0.1, -0.05) is 149 Å². The summed E-state index contributed by atoms with van der Waals surface area (Å²) in [6.45, 7) is 8.00. The van der Waals surface area contributed by atoms with Crippen LogP contribution in [0.3, 0.4) is 0 Å². The molecule has 0 saturated heterocycles. The third kappa shape index (κ3) is 8.53. The molecule has 0 aliphatic rings. The lowest BCUT2D eigenvalue weighted by Crippen LogP contribution is -1.99. The van der Waals surface area contributed by atoms with Crippen LogP contribution in [0, 0.1) is 0 Å². The maximum absolute atomic E-state index is 11.8. The van der Waals surface area contributed by atoms with Crippen molar-refractivity contribution in [3.63, 3.8) is 0 Å². The second-order valence-electron chi connectivity index (χ2n) is 6.12. The molecule has 0 fully saturated rings. The molecule has 2 heteroatoms. The fraction of sp³-hybridized carbons (Fsp3) is 0.133. The van der Waals surface area contributed by atoms with Crippen molar-refractivity contribution in [2.45, 2.75) is 27.7 Å². The zero-order chi connectivity index (χ0) is 23.6. The second-order valence-corrected chi connectivity index (χ2v) is 6.12. The molecule has 32 heavy (non-hydrogen) atoms. The molecule has 4 rings (SSSR count). The predicted octanol–water partition coefficient (Wildman–Crippen LogP) is 7.89. The molecular weight excluding hydrogens is 392 g/mol. The van der Waals surface area contributed by atoms with Crippen molar-refractivity contribution in [2.75, 3.05) is 0 Å². The van der Waals surface area contributed by atoms with Gasteiger partial charge < -0.3 is 0 Å². The molecular formula is C30H32O2. The third-order valence-corrected chi connectivity index (χ3v) is 4.14. The molecule has 0 heterocycles. The Labute approximate surface area is 192 Å². The Hall–Kier alpha value is -3.78. The van der Waals surface area contributed by atoms with Crippen LogP contribution in [0.4, 0.5) is 0 Å². The van der Waals surface area contributed by atoms with Gasteiger partial charge in [0.2, 0.25) is 0 Å². The van der Waals surface area contributed by atoms with E-state index in [4.69, 9.17) is 0 Å². The lowest BCUT2D eigenvalue weighted by molar-refractivity contribution is 0.103. The van der Waals surface area contributed by atoms with Crippen LogP contribution in [0.15, 0.2) is 121 Å². The maximum atomic E-state index is 11.8. The highest BCUT2D eigenvalue weighted by atomic mass is 16.1. The molecule has 0 radical (unpaired) electrons. The number of carbonyl (C=O) groups is 2. The van der Waals surface area contributed by atoms with Gasteiger partial charge >= 0.3 is 0 Å². The van der Waals surface area contributed by atoms with E-state index in [2.05, 4.69) is 0 Å². The normalized spacial score (nSPS) is 8.88. The maximum Gasteiger partial charge on any atom is 0.193 e. The first-order chi connectivity index (χ1) is 15.8. The molecule has 0 aliphatic heterocycles. The van der Waals surface area contributed by atoms with Crippen LogP contribution in [-0.2, 0) is 0 Å². The SMILES string of the molecule is CC.CC.O=C(c1ccccc1)c1ccccc1.O=C(c1ccccc1)c1ccccc1. The zero-order valence-electron chi connectivity index (χ0n) is 19.4. The summed E-state index contributed by atoms with van der Waals surface area (Å²) >= 11 is 0. The van der Waals surface area contributed by atoms with E-state index < -0.39 is 0 Å². The van der Waals surface area contributed by atoms with Crippen molar-refractivity contribution in [1.82, 2.24) is 0 Å². The molecule has 0 unspecified atom stereocenters. The lowest BCUT2D eigenvalue weighted by Gasteiger charge is -1.99. The molecule has 164 valence electrons. The summed E-state index contributed by atoms with van der Waals surface area (Å²) in [5, 5.41) is 0. The topological polar surface area (TPSA) is 34.1 Å². The van der Waals surface area contributed by atoms with Crippen molar-refractivity contribution in [3.8, 4) is 0 Å². The number of rotatable bonds is 4. The Morgan fingerprint density at radius 2 is 0.500 bits per heavy atom. The second kappa shape index (κ2) is 16.0. The van der Waals surface area contributed by atoms with Gasteiger partial charge in [-0.3, -0.25) is 9.59 Å². The van der Waals surface area contributed by atoms with Crippen LogP contribution in [0.2, 0.25) is 0 Å². The molecule has 4 aromatic carbocycles. The van der Waals surface area contributed by atoms with Crippen LogP contribution < -0.4 is 0 Å². The minimum atomic E-state index is 0.0752. The van der Waals surface area contributed by atoms with Crippen molar-refractivity contribution < 1.29 is 9.59 Å². The van der Waals surface area contributed by atoms with Crippen molar-refractivity contribution in [2.24, 2.45) is 0 Å². The summed E-state index contributed by atoms with van der Waals surface area (Å²) < 4.78 is 0. The highest BCUT2D eigenvalue weighted by Crippen LogP contribution is 2.09. The van der Waals surface area contributed by atoms with Gasteiger partial charge in [-0.2, -0.15) is 0 Å². The van der Waals surface area contributed by atoms with Gasteiger partial charge in [0, 0.05) is 22.3 Å². The van der Waals surface area contributed by atoms with E-state index in [1.807, 2.05) is 149 Å². The fourth-order valence-electron chi connectivity index (χ4n) is 2.69. The van der Waals surface area contributed by atoms with Crippen molar-refractivity contribution in [1.29, 1.82) is 0 Å². The van der Waals surface area contributed by atoms with Crippen LogP contribution in [0.25, 0.3) is 0 Å². The Balaban J connectivity index is 0.000000277. The largest absolute Gasteiger partial charge is 0.289 e. The first-order valence-electron chi connectivity index (χ1n) is 11.1. The smallest absolute Gasteiger partial charge is 0.193 e. The molecule has 0 atom stereocenters. The minimum absolute atomic E-state index is 0.0752. The quantitative estimate of drug-likeness (QED) is 0.312. The van der Waals surface area contributed by atoms with E-state index in [9.17, 15) is 9.59 Å². The molecule has 2 nitrogen and oxygen atoms in total. The predicted molar refractivity (Wildman–Crippen MR) is 135 cm³/mol. The van der Waals surface area contributed by atoms with Crippen LogP contribution in [0.1, 0.15) is 59.5 Å². The van der Waals surface area contributed by atoms with Crippen LogP contribution in [-0.4, -0.2) is 11.6 Å². The van der Waals surface area contributed by atoms with Gasteiger partial charge in [0.1, 0.15) is 0 Å². The molecule has 0 aromatic heterocycles. The van der Waals surface area contributed by atoms with E-state index in [-0.39, 0.29) is 11.6 Å². The van der Waals surface area contributed by atoms with Gasteiger partial charge in [0.15, 0.2) is 11.6 Å². The Morgan fingerprint density at radius 3 is 0.656 bits per heavy atom. The standard InChI is InChI=1S/2C13H10O.2C2H6/c2*14-13(11-7-3-1-4-8-11)12-9-5-2-6-10-12;2*1-2/h2*1-10H;2*1-2H3. The number of hydrogen-bond acceptors (Lipinski definition) is 2. The zero-order valence-corrected chi connectivity index (χ0v) is 19.4. The first-order valence-corrected chi connectivity index (χ1v) is 11.1. The number of benzene rings is 4. The minimum Gasteiger partial charge on any atom is -0.289 e. The Kier molecular flexibility index (Phi) is 13.1. The molecule has 0 N–H and O–H groups in total. The van der Waals surface area contributed by atoms with Gasteiger partial charge in [0.25, 0.3) is 0 Å². The highest BCUT2D eigenvalue weighted by molar-refractivity contribution is 6.09. The van der Waals surface area contributed by atoms with Crippen molar-refractivity contribution >= 4 is 11.6 Å². The summed E-state index contributed by atoms with van der Waals surface area (Å²) in [6, 6.07) is 37.2. The summed E-state index contributed by atoms with van der Waals surface area (Å²) in [6.07, 6.45) is 0. The summed E-state index contributed by atoms with van der Waals surface area (Å²) in [5.74, 6) is 0.150. The Morgan fingerprint density at radius 1 is 0.344 bits per heavy atom. The van der Waals surface area contributed by atoms with Gasteiger partial charge in [-0.05, 0) is 0 Å². The number of ketones is 2. The van der Waals surface area contributed by atoms with E-state index in [0.29, 0.717) is 0 Å². The molecule has 4 aromatic rings. The van der Waals surface area contributed by atoms with E-state index >= 15 is 0 Å². The molecule has 0 spiro atoms. The molecule has 0 aliphatic carbocycles. The Bertz CT molecular complexity index is 839.